The Kier molecular flexibility index (Phi) is 9.86. The van der Waals surface area contributed by atoms with Gasteiger partial charge in [-0.25, -0.2) is 4.98 Å². The van der Waals surface area contributed by atoms with Crippen molar-refractivity contribution in [2.45, 2.75) is 38.5 Å². The molecule has 0 fully saturated rings. The van der Waals surface area contributed by atoms with Crippen LogP contribution in [0.25, 0.3) is 61.0 Å². The third kappa shape index (κ3) is 6.94. The highest BCUT2D eigenvalue weighted by Crippen LogP contribution is 2.55. The summed E-state index contributed by atoms with van der Waals surface area (Å²) in [5.41, 5.74) is 18.3. The molecule has 3 heterocycles. The molecule has 0 amide bonds. The maximum atomic E-state index is 7.25. The number of ether oxygens (including phenoxy) is 1. The number of para-hydroxylation sites is 4. The predicted octanol–water partition coefficient (Wildman–Crippen LogP) is 17.2. The molecule has 1 aliphatic carbocycles. The second kappa shape index (κ2) is 16.5. The van der Waals surface area contributed by atoms with Gasteiger partial charge in [0, 0.05) is 51.3 Å². The van der Waals surface area contributed by atoms with Gasteiger partial charge in [0.1, 0.15) is 24.0 Å². The summed E-state index contributed by atoms with van der Waals surface area (Å²) >= 11 is 0. The van der Waals surface area contributed by atoms with E-state index in [1.807, 2.05) is 6.20 Å². The van der Waals surface area contributed by atoms with Crippen LogP contribution in [-0.4, -0.2) is 16.2 Å². The van der Waals surface area contributed by atoms with Crippen molar-refractivity contribution >= 4 is 44.6 Å². The number of hydrogen-bond donors (Lipinski definition) is 0. The maximum absolute atomic E-state index is 7.25. The van der Waals surface area contributed by atoms with Gasteiger partial charge < -0.3 is 14.5 Å². The Morgan fingerprint density at radius 1 is 0.479 bits per heavy atom. The van der Waals surface area contributed by atoms with Crippen LogP contribution in [-0.2, 0) is 10.8 Å². The zero-order chi connectivity index (χ0) is 47.8. The smallest absolute Gasteiger partial charge is 0.137 e. The van der Waals surface area contributed by atoms with Crippen LogP contribution in [0.5, 0.6) is 11.5 Å². The van der Waals surface area contributed by atoms with Gasteiger partial charge in [0.25, 0.3) is 0 Å². The summed E-state index contributed by atoms with van der Waals surface area (Å²) < 4.78 is 9.54. The SMILES string of the molecule is CC(C)(C)c1ccnc(-n2c3ccccc3c3ccc(Oc4cc(N5CN(c6c(-c7ccccc7)cccc6-c6ccccc6)c6ccccc65)cc(C5(C)c6ccccc6-c6ccccc65)c4)cc32)c1. The van der Waals surface area contributed by atoms with Gasteiger partial charge >= 0.3 is 0 Å². The first kappa shape index (κ1) is 42.4. The van der Waals surface area contributed by atoms with Crippen LogP contribution in [0.3, 0.4) is 0 Å². The molecule has 11 aromatic rings. The number of fused-ring (bicyclic) bond motifs is 7. The number of nitrogens with zero attached hydrogens (tertiary/aromatic N) is 4. The van der Waals surface area contributed by atoms with E-state index >= 15 is 0 Å². The molecular weight excluding hydrogens is 865 g/mol. The molecule has 71 heavy (non-hydrogen) atoms. The molecule has 0 saturated carbocycles. The molecule has 0 bridgehead atoms. The van der Waals surface area contributed by atoms with Crippen molar-refractivity contribution < 1.29 is 4.74 Å². The summed E-state index contributed by atoms with van der Waals surface area (Å²) in [6.07, 6.45) is 1.93. The van der Waals surface area contributed by atoms with Gasteiger partial charge in [-0.3, -0.25) is 4.57 Å². The third-order valence-electron chi connectivity index (χ3n) is 14.9. The van der Waals surface area contributed by atoms with Gasteiger partial charge in [0.15, 0.2) is 0 Å². The molecule has 13 rings (SSSR count). The van der Waals surface area contributed by atoms with Gasteiger partial charge in [-0.15, -0.1) is 0 Å². The first-order valence-electron chi connectivity index (χ1n) is 24.6. The molecule has 0 saturated heterocycles. The molecular formula is C66H52N4O. The van der Waals surface area contributed by atoms with Crippen LogP contribution < -0.4 is 14.5 Å². The Morgan fingerprint density at radius 3 is 1.73 bits per heavy atom. The molecule has 0 radical (unpaired) electrons. The number of hydrogen-bond acceptors (Lipinski definition) is 4. The van der Waals surface area contributed by atoms with Crippen molar-refractivity contribution in [3.8, 4) is 50.7 Å². The minimum Gasteiger partial charge on any atom is -0.457 e. The molecule has 0 N–H and O–H groups in total. The highest BCUT2D eigenvalue weighted by molar-refractivity contribution is 6.09. The standard InChI is InChI=1S/C66H52N4O/c1-65(2,3)46-36-37-67-63(40-46)70-59-31-16-13-26-55(59)56-35-34-49(42-62(56)70)71-50-39-47(66(4)57-29-14-11-24-53(57)54-25-12-15-30-58(54)66)38-48(41-50)68-43-69(61-33-18-17-32-60(61)68)64-51(44-20-7-5-8-21-44)27-19-28-52(64)45-22-9-6-10-23-45/h5-42H,43H2,1-4H3. The maximum Gasteiger partial charge on any atom is 0.137 e. The van der Waals surface area contributed by atoms with Gasteiger partial charge in [0.2, 0.25) is 0 Å². The van der Waals surface area contributed by atoms with E-state index in [9.17, 15) is 0 Å². The van der Waals surface area contributed by atoms with E-state index in [4.69, 9.17) is 9.72 Å². The zero-order valence-corrected chi connectivity index (χ0v) is 40.3. The van der Waals surface area contributed by atoms with Crippen molar-refractivity contribution in [3.05, 3.63) is 253 Å². The number of pyridine rings is 1. The lowest BCUT2D eigenvalue weighted by atomic mass is 9.74. The van der Waals surface area contributed by atoms with E-state index in [1.165, 1.54) is 61.1 Å². The van der Waals surface area contributed by atoms with Crippen LogP contribution >= 0.6 is 0 Å². The van der Waals surface area contributed by atoms with Crippen molar-refractivity contribution in [1.29, 1.82) is 0 Å². The van der Waals surface area contributed by atoms with Crippen molar-refractivity contribution in [3.63, 3.8) is 0 Å². The predicted molar refractivity (Wildman–Crippen MR) is 294 cm³/mol. The van der Waals surface area contributed by atoms with Crippen molar-refractivity contribution in [2.24, 2.45) is 0 Å². The van der Waals surface area contributed by atoms with E-state index in [2.05, 4.69) is 267 Å². The number of benzene rings is 9. The fourth-order valence-electron chi connectivity index (χ4n) is 11.4. The average Bonchev–Trinajstić information content (AvgIpc) is 4.05. The summed E-state index contributed by atoms with van der Waals surface area (Å²) in [6, 6.07) is 81.3. The van der Waals surface area contributed by atoms with Crippen LogP contribution in [0, 0.1) is 0 Å². The normalized spacial score (nSPS) is 13.6. The molecule has 5 nitrogen and oxygen atoms in total. The first-order valence-corrected chi connectivity index (χ1v) is 24.6. The summed E-state index contributed by atoms with van der Waals surface area (Å²) in [5, 5.41) is 2.32. The second-order valence-corrected chi connectivity index (χ2v) is 20.1. The molecule has 5 heteroatoms. The molecule has 2 aromatic heterocycles. The molecule has 342 valence electrons. The Bertz CT molecular complexity index is 3740. The number of rotatable bonds is 8. The Morgan fingerprint density at radius 2 is 1.06 bits per heavy atom. The largest absolute Gasteiger partial charge is 0.457 e. The molecule has 0 atom stereocenters. The van der Waals surface area contributed by atoms with Gasteiger partial charge in [-0.2, -0.15) is 0 Å². The quantitative estimate of drug-likeness (QED) is 0.152. The van der Waals surface area contributed by atoms with Gasteiger partial charge in [-0.05, 0) is 111 Å². The summed E-state index contributed by atoms with van der Waals surface area (Å²) in [6.45, 7) is 9.72. The summed E-state index contributed by atoms with van der Waals surface area (Å²) in [7, 11) is 0. The molecule has 2 aliphatic rings. The lowest BCUT2D eigenvalue weighted by molar-refractivity contribution is 0.481. The monoisotopic (exact) mass is 916 g/mol. The molecule has 9 aromatic carbocycles. The van der Waals surface area contributed by atoms with Crippen molar-refractivity contribution in [1.82, 2.24) is 9.55 Å². The van der Waals surface area contributed by atoms with Crippen molar-refractivity contribution in [2.75, 3.05) is 16.5 Å². The van der Waals surface area contributed by atoms with Crippen LogP contribution in [0.2, 0.25) is 0 Å². The molecule has 0 unspecified atom stereocenters. The molecule has 0 spiro atoms. The first-order chi connectivity index (χ1) is 34.7. The lowest BCUT2D eigenvalue weighted by Gasteiger charge is -2.31. The summed E-state index contributed by atoms with van der Waals surface area (Å²) in [5.74, 6) is 2.40. The number of anilines is 4. The Hall–Kier alpha value is -8.67. The van der Waals surface area contributed by atoms with Crippen LogP contribution in [0.4, 0.5) is 22.7 Å². The van der Waals surface area contributed by atoms with E-state index < -0.39 is 5.41 Å². The van der Waals surface area contributed by atoms with E-state index in [0.29, 0.717) is 6.67 Å². The van der Waals surface area contributed by atoms with Crippen LogP contribution in [0.1, 0.15) is 49.9 Å². The van der Waals surface area contributed by atoms with E-state index in [1.54, 1.807) is 0 Å². The topological polar surface area (TPSA) is 33.5 Å². The van der Waals surface area contributed by atoms with E-state index in [-0.39, 0.29) is 5.41 Å². The number of aromatic nitrogens is 2. The second-order valence-electron chi connectivity index (χ2n) is 20.1. The van der Waals surface area contributed by atoms with Crippen LogP contribution in [0.15, 0.2) is 231 Å². The third-order valence-corrected chi connectivity index (χ3v) is 14.9. The lowest BCUT2D eigenvalue weighted by Crippen LogP contribution is -2.26. The Labute approximate surface area is 415 Å². The fraction of sp³-hybridized carbons (Fsp3) is 0.106. The van der Waals surface area contributed by atoms with Gasteiger partial charge in [0.05, 0.1) is 28.1 Å². The fourth-order valence-corrected chi connectivity index (χ4v) is 11.4. The highest BCUT2D eigenvalue weighted by Gasteiger charge is 2.42. The highest BCUT2D eigenvalue weighted by atomic mass is 16.5. The minimum atomic E-state index is -0.471. The zero-order valence-electron chi connectivity index (χ0n) is 40.3. The minimum absolute atomic E-state index is 0.0349. The van der Waals surface area contributed by atoms with Gasteiger partial charge in [-0.1, -0.05) is 178 Å². The Balaban J connectivity index is 0.995. The molecule has 1 aliphatic heterocycles. The summed E-state index contributed by atoms with van der Waals surface area (Å²) in [4.78, 5) is 9.94. The average molecular weight is 917 g/mol. The van der Waals surface area contributed by atoms with E-state index in [0.717, 1.165) is 56.4 Å².